The maximum absolute atomic E-state index is 12.4. The van der Waals surface area contributed by atoms with Crippen LogP contribution < -0.4 is 5.32 Å². The van der Waals surface area contributed by atoms with Gasteiger partial charge >= 0.3 is 0 Å². The van der Waals surface area contributed by atoms with E-state index in [4.69, 9.17) is 11.6 Å². The third-order valence-corrected chi connectivity index (χ3v) is 3.75. The van der Waals surface area contributed by atoms with E-state index in [-0.39, 0.29) is 11.9 Å². The van der Waals surface area contributed by atoms with Crippen molar-refractivity contribution in [2.45, 2.75) is 6.54 Å². The van der Waals surface area contributed by atoms with Gasteiger partial charge in [0.1, 0.15) is 11.9 Å². The van der Waals surface area contributed by atoms with E-state index < -0.39 is 0 Å². The third kappa shape index (κ3) is 3.20. The minimum atomic E-state index is -0.366. The summed E-state index contributed by atoms with van der Waals surface area (Å²) in [5.74, 6) is -0.156. The molecule has 1 N–H and O–H groups in total. The number of carbonyl (C=O) groups excluding carboxylic acids is 1. The fourth-order valence-corrected chi connectivity index (χ4v) is 2.62. The summed E-state index contributed by atoms with van der Waals surface area (Å²) < 4.78 is 3.15. The summed E-state index contributed by atoms with van der Waals surface area (Å²) in [5.41, 5.74) is 1.81. The van der Waals surface area contributed by atoms with E-state index >= 15 is 0 Å². The zero-order valence-electron chi connectivity index (χ0n) is 12.9. The number of halogens is 1. The van der Waals surface area contributed by atoms with Crippen molar-refractivity contribution in [3.63, 3.8) is 0 Å². The molecular formula is C16H12ClN7O. The van der Waals surface area contributed by atoms with Crippen LogP contribution in [0.5, 0.6) is 0 Å². The topological polar surface area (TPSA) is 90.0 Å². The molecule has 4 aromatic rings. The van der Waals surface area contributed by atoms with E-state index in [1.165, 1.54) is 10.7 Å². The second-order valence-electron chi connectivity index (χ2n) is 5.30. The van der Waals surface area contributed by atoms with Gasteiger partial charge in [0.05, 0.1) is 12.7 Å². The van der Waals surface area contributed by atoms with Gasteiger partial charge in [-0.25, -0.2) is 19.2 Å². The molecule has 3 aromatic heterocycles. The fourth-order valence-electron chi connectivity index (χ4n) is 2.41. The largest absolute Gasteiger partial charge is 0.289 e. The van der Waals surface area contributed by atoms with E-state index in [9.17, 15) is 4.79 Å². The van der Waals surface area contributed by atoms with Crippen molar-refractivity contribution >= 4 is 29.1 Å². The average Bonchev–Trinajstić information content (AvgIpc) is 3.21. The van der Waals surface area contributed by atoms with Crippen LogP contribution in [0.1, 0.15) is 15.9 Å². The zero-order chi connectivity index (χ0) is 17.2. The number of carbonyl (C=O) groups is 1. The summed E-state index contributed by atoms with van der Waals surface area (Å²) >= 11 is 5.97. The molecule has 3 heterocycles. The van der Waals surface area contributed by atoms with Crippen LogP contribution in [-0.4, -0.2) is 35.3 Å². The Kier molecular flexibility index (Phi) is 3.87. The number of amides is 1. The van der Waals surface area contributed by atoms with Crippen molar-refractivity contribution < 1.29 is 4.79 Å². The Morgan fingerprint density at radius 2 is 2.16 bits per heavy atom. The zero-order valence-corrected chi connectivity index (χ0v) is 13.6. The lowest BCUT2D eigenvalue weighted by Crippen LogP contribution is -2.13. The highest BCUT2D eigenvalue weighted by Gasteiger charge is 2.15. The molecule has 0 saturated heterocycles. The Hall–Kier alpha value is -3.26. The summed E-state index contributed by atoms with van der Waals surface area (Å²) in [4.78, 5) is 20.6. The van der Waals surface area contributed by atoms with E-state index in [2.05, 4.69) is 25.5 Å². The average molecular weight is 354 g/mol. The molecule has 0 saturated carbocycles. The molecule has 8 nitrogen and oxygen atoms in total. The second-order valence-corrected chi connectivity index (χ2v) is 5.73. The molecule has 0 aliphatic carbocycles. The number of hydrogen-bond acceptors (Lipinski definition) is 5. The SMILES string of the molecule is O=C(Nc1ncn(Cc2cccc(Cl)c2)n1)c1cnn2cccnc12. The number of nitrogens with zero attached hydrogens (tertiary/aromatic N) is 6. The van der Waals surface area contributed by atoms with Crippen molar-refractivity contribution in [2.75, 3.05) is 5.32 Å². The molecule has 4 rings (SSSR count). The van der Waals surface area contributed by atoms with Crippen molar-refractivity contribution in [3.8, 4) is 0 Å². The Balaban J connectivity index is 1.50. The van der Waals surface area contributed by atoms with Crippen LogP contribution >= 0.6 is 11.6 Å². The third-order valence-electron chi connectivity index (χ3n) is 3.52. The van der Waals surface area contributed by atoms with E-state index in [0.29, 0.717) is 22.8 Å². The van der Waals surface area contributed by atoms with Gasteiger partial charge in [-0.1, -0.05) is 23.7 Å². The molecule has 0 atom stereocenters. The van der Waals surface area contributed by atoms with Gasteiger partial charge in [-0.2, -0.15) is 5.10 Å². The maximum atomic E-state index is 12.4. The van der Waals surface area contributed by atoms with Gasteiger partial charge in [0.2, 0.25) is 5.95 Å². The molecule has 1 amide bonds. The van der Waals surface area contributed by atoms with Gasteiger partial charge in [0, 0.05) is 17.4 Å². The van der Waals surface area contributed by atoms with Crippen molar-refractivity contribution in [1.29, 1.82) is 0 Å². The highest BCUT2D eigenvalue weighted by Crippen LogP contribution is 2.12. The molecule has 0 radical (unpaired) electrons. The standard InChI is InChI=1S/C16H12ClN7O/c17-12-4-1-3-11(7-12)9-23-10-19-16(22-23)21-15(25)13-8-20-24-6-2-5-18-14(13)24/h1-8,10H,9H2,(H,21,22,25). The highest BCUT2D eigenvalue weighted by atomic mass is 35.5. The van der Waals surface area contributed by atoms with E-state index in [0.717, 1.165) is 5.56 Å². The van der Waals surface area contributed by atoms with E-state index in [1.54, 1.807) is 29.5 Å². The predicted molar refractivity (Wildman–Crippen MR) is 91.5 cm³/mol. The molecule has 0 spiro atoms. The maximum Gasteiger partial charge on any atom is 0.263 e. The smallest absolute Gasteiger partial charge is 0.263 e. The summed E-state index contributed by atoms with van der Waals surface area (Å²) in [6, 6.07) is 9.21. The monoisotopic (exact) mass is 353 g/mol. The summed E-state index contributed by atoms with van der Waals surface area (Å²) in [5, 5.41) is 11.6. The van der Waals surface area contributed by atoms with Crippen LogP contribution in [-0.2, 0) is 6.54 Å². The van der Waals surface area contributed by atoms with Crippen LogP contribution in [0.15, 0.2) is 55.2 Å². The summed E-state index contributed by atoms with van der Waals surface area (Å²) in [6.45, 7) is 0.502. The highest BCUT2D eigenvalue weighted by molar-refractivity contribution is 6.30. The van der Waals surface area contributed by atoms with Gasteiger partial charge in [0.25, 0.3) is 5.91 Å². The van der Waals surface area contributed by atoms with E-state index in [1.807, 2.05) is 24.3 Å². The first-order valence-corrected chi connectivity index (χ1v) is 7.80. The van der Waals surface area contributed by atoms with Crippen LogP contribution in [0.25, 0.3) is 5.65 Å². The Bertz CT molecular complexity index is 1060. The number of hydrogen-bond donors (Lipinski definition) is 1. The number of aromatic nitrogens is 6. The fraction of sp³-hybridized carbons (Fsp3) is 0.0625. The van der Waals surface area contributed by atoms with Crippen LogP contribution in [0, 0.1) is 0 Å². The first-order valence-electron chi connectivity index (χ1n) is 7.43. The molecule has 9 heteroatoms. The first kappa shape index (κ1) is 15.3. The van der Waals surface area contributed by atoms with Crippen LogP contribution in [0.2, 0.25) is 5.02 Å². The molecule has 0 aliphatic rings. The van der Waals surface area contributed by atoms with Gasteiger partial charge < -0.3 is 0 Å². The molecule has 0 bridgehead atoms. The number of benzene rings is 1. The molecule has 0 fully saturated rings. The quantitative estimate of drug-likeness (QED) is 0.608. The normalized spacial score (nSPS) is 10.9. The molecule has 1 aromatic carbocycles. The number of anilines is 1. The first-order chi connectivity index (χ1) is 12.2. The number of rotatable bonds is 4. The summed E-state index contributed by atoms with van der Waals surface area (Å²) in [7, 11) is 0. The second kappa shape index (κ2) is 6.33. The predicted octanol–water partition coefficient (Wildman–Crippen LogP) is 2.27. The summed E-state index contributed by atoms with van der Waals surface area (Å²) in [6.07, 6.45) is 6.33. The minimum Gasteiger partial charge on any atom is -0.289 e. The lowest BCUT2D eigenvalue weighted by Gasteiger charge is -2.01. The minimum absolute atomic E-state index is 0.210. The Morgan fingerprint density at radius 1 is 1.24 bits per heavy atom. The Labute approximate surface area is 147 Å². The molecule has 25 heavy (non-hydrogen) atoms. The van der Waals surface area contributed by atoms with Crippen LogP contribution in [0.4, 0.5) is 5.95 Å². The molecular weight excluding hydrogens is 342 g/mol. The lowest BCUT2D eigenvalue weighted by molar-refractivity contribution is 0.102. The van der Waals surface area contributed by atoms with Gasteiger partial charge in [0.15, 0.2) is 5.65 Å². The van der Waals surface area contributed by atoms with Crippen molar-refractivity contribution in [2.24, 2.45) is 0 Å². The Morgan fingerprint density at radius 3 is 3.04 bits per heavy atom. The van der Waals surface area contributed by atoms with Crippen LogP contribution in [0.3, 0.4) is 0 Å². The molecule has 0 aliphatic heterocycles. The van der Waals surface area contributed by atoms with Gasteiger partial charge in [-0.15, -0.1) is 5.10 Å². The van der Waals surface area contributed by atoms with Gasteiger partial charge in [-0.3, -0.25) is 10.1 Å². The lowest BCUT2D eigenvalue weighted by atomic mass is 10.2. The molecule has 124 valence electrons. The van der Waals surface area contributed by atoms with Crippen molar-refractivity contribution in [1.82, 2.24) is 29.4 Å². The molecule has 0 unspecified atom stereocenters. The number of nitrogens with one attached hydrogen (secondary N) is 1. The number of fused-ring (bicyclic) bond motifs is 1. The van der Waals surface area contributed by atoms with Crippen molar-refractivity contribution in [3.05, 3.63) is 71.4 Å². The van der Waals surface area contributed by atoms with Gasteiger partial charge in [-0.05, 0) is 23.8 Å².